The van der Waals surface area contributed by atoms with Crippen LogP contribution in [0.3, 0.4) is 0 Å². The molecule has 1 aliphatic rings. The third-order valence-corrected chi connectivity index (χ3v) is 4.92. The number of aromatic nitrogens is 2. The van der Waals surface area contributed by atoms with E-state index in [1.165, 1.54) is 11.7 Å². The lowest BCUT2D eigenvalue weighted by molar-refractivity contribution is -0.155. The first-order valence-corrected chi connectivity index (χ1v) is 9.62. The monoisotopic (exact) mass is 388 g/mol. The molecule has 0 atom stereocenters. The van der Waals surface area contributed by atoms with Crippen LogP contribution in [0.25, 0.3) is 10.9 Å². The lowest BCUT2D eigenvalue weighted by atomic mass is 10.1. The molecular formula is C21H28N2O5. The van der Waals surface area contributed by atoms with Gasteiger partial charge >= 0.3 is 5.97 Å². The van der Waals surface area contributed by atoms with Crippen molar-refractivity contribution in [2.45, 2.75) is 64.5 Å². The molecule has 1 heterocycles. The predicted molar refractivity (Wildman–Crippen MR) is 106 cm³/mol. The maximum Gasteiger partial charge on any atom is 0.326 e. The molecule has 0 amide bonds. The van der Waals surface area contributed by atoms with Crippen LogP contribution >= 0.6 is 0 Å². The summed E-state index contributed by atoms with van der Waals surface area (Å²) in [7, 11) is 3.06. The molecule has 0 radical (unpaired) electrons. The van der Waals surface area contributed by atoms with Gasteiger partial charge in [-0.3, -0.25) is 14.2 Å². The molecule has 1 aromatic carbocycles. The number of fused-ring (bicyclic) bond motifs is 1. The fourth-order valence-corrected chi connectivity index (χ4v) is 3.72. The molecule has 28 heavy (non-hydrogen) atoms. The van der Waals surface area contributed by atoms with E-state index < -0.39 is 11.6 Å². The number of esters is 1. The highest BCUT2D eigenvalue weighted by molar-refractivity contribution is 5.82. The Morgan fingerprint density at radius 1 is 1.14 bits per heavy atom. The Labute approximate surface area is 164 Å². The van der Waals surface area contributed by atoms with Gasteiger partial charge in [-0.25, -0.2) is 4.98 Å². The summed E-state index contributed by atoms with van der Waals surface area (Å²) in [6, 6.07) is 3.33. The fraction of sp³-hybridized carbons (Fsp3) is 0.571. The number of ether oxygens (including phenoxy) is 3. The molecule has 152 valence electrons. The number of hydrogen-bond acceptors (Lipinski definition) is 6. The first kappa shape index (κ1) is 20.2. The van der Waals surface area contributed by atoms with Gasteiger partial charge in [0.1, 0.15) is 18.0 Å². The van der Waals surface area contributed by atoms with Gasteiger partial charge in [-0.2, -0.15) is 0 Å². The van der Waals surface area contributed by atoms with Gasteiger partial charge in [0, 0.05) is 12.0 Å². The molecule has 0 N–H and O–H groups in total. The summed E-state index contributed by atoms with van der Waals surface area (Å²) < 4.78 is 17.6. The van der Waals surface area contributed by atoms with E-state index in [9.17, 15) is 9.59 Å². The summed E-state index contributed by atoms with van der Waals surface area (Å²) in [6.45, 7) is 5.27. The van der Waals surface area contributed by atoms with Crippen LogP contribution in [0, 0.1) is 0 Å². The zero-order valence-electron chi connectivity index (χ0n) is 17.2. The number of methoxy groups -OCH3 is 2. The predicted octanol–water partition coefficient (Wildman–Crippen LogP) is 3.41. The minimum Gasteiger partial charge on any atom is -0.493 e. The molecule has 7 heteroatoms. The molecule has 7 nitrogen and oxygen atoms in total. The standard InChI is InChI=1S/C21H28N2O5/c1-21(2,3)28-18(24)12-23-19(13-8-6-7-9-13)22-15-11-17(27-5)16(26-4)10-14(15)20(23)25/h10-11,13H,6-9,12H2,1-5H3. The van der Waals surface area contributed by atoms with Gasteiger partial charge < -0.3 is 14.2 Å². The van der Waals surface area contributed by atoms with Crippen LogP contribution in [0.4, 0.5) is 0 Å². The van der Waals surface area contributed by atoms with Crippen molar-refractivity contribution in [3.8, 4) is 11.5 Å². The van der Waals surface area contributed by atoms with Gasteiger partial charge in [0.25, 0.3) is 5.56 Å². The van der Waals surface area contributed by atoms with Crippen molar-refractivity contribution in [2.75, 3.05) is 14.2 Å². The van der Waals surface area contributed by atoms with E-state index in [1.807, 2.05) is 0 Å². The Bertz CT molecular complexity index is 936. The number of rotatable bonds is 5. The number of carbonyl (C=O) groups excluding carboxylic acids is 1. The van der Waals surface area contributed by atoms with Crippen molar-refractivity contribution in [2.24, 2.45) is 0 Å². The first-order valence-electron chi connectivity index (χ1n) is 9.62. The van der Waals surface area contributed by atoms with Crippen LogP contribution in [0.1, 0.15) is 58.2 Å². The van der Waals surface area contributed by atoms with Gasteiger partial charge in [0.05, 0.1) is 25.1 Å². The quantitative estimate of drug-likeness (QED) is 0.730. The molecule has 0 unspecified atom stereocenters. The number of carbonyl (C=O) groups is 1. The van der Waals surface area contributed by atoms with Crippen LogP contribution in [-0.4, -0.2) is 35.3 Å². The Kier molecular flexibility index (Phi) is 5.63. The van der Waals surface area contributed by atoms with Crippen LogP contribution in [0.5, 0.6) is 11.5 Å². The van der Waals surface area contributed by atoms with Crippen LogP contribution in [0.15, 0.2) is 16.9 Å². The number of benzene rings is 1. The van der Waals surface area contributed by atoms with E-state index in [-0.39, 0.29) is 18.0 Å². The second-order valence-corrected chi connectivity index (χ2v) is 8.15. The average Bonchev–Trinajstić information content (AvgIpc) is 3.15. The Morgan fingerprint density at radius 2 is 1.75 bits per heavy atom. The van der Waals surface area contributed by atoms with E-state index in [4.69, 9.17) is 19.2 Å². The Balaban J connectivity index is 2.15. The Morgan fingerprint density at radius 3 is 2.32 bits per heavy atom. The number of nitrogens with zero attached hydrogens (tertiary/aromatic N) is 2. The second kappa shape index (κ2) is 7.81. The van der Waals surface area contributed by atoms with Crippen molar-refractivity contribution in [1.29, 1.82) is 0 Å². The minimum absolute atomic E-state index is 0.154. The average molecular weight is 388 g/mol. The summed E-state index contributed by atoms with van der Waals surface area (Å²) in [4.78, 5) is 30.5. The summed E-state index contributed by atoms with van der Waals surface area (Å²) in [5, 5.41) is 0.392. The SMILES string of the molecule is COc1cc2nc(C3CCCC3)n(CC(=O)OC(C)(C)C)c(=O)c2cc1OC. The van der Waals surface area contributed by atoms with E-state index in [1.54, 1.807) is 40.0 Å². The highest BCUT2D eigenvalue weighted by Crippen LogP contribution is 2.35. The third kappa shape index (κ3) is 4.13. The molecule has 1 saturated carbocycles. The molecule has 1 fully saturated rings. The molecule has 0 saturated heterocycles. The van der Waals surface area contributed by atoms with Crippen molar-refractivity contribution in [3.05, 3.63) is 28.3 Å². The fourth-order valence-electron chi connectivity index (χ4n) is 3.72. The molecule has 1 aliphatic carbocycles. The molecule has 3 rings (SSSR count). The van der Waals surface area contributed by atoms with Gasteiger partial charge in [-0.05, 0) is 39.7 Å². The molecule has 0 bridgehead atoms. The highest BCUT2D eigenvalue weighted by atomic mass is 16.6. The second-order valence-electron chi connectivity index (χ2n) is 8.15. The molecule has 0 aliphatic heterocycles. The molecular weight excluding hydrogens is 360 g/mol. The number of hydrogen-bond donors (Lipinski definition) is 0. The van der Waals surface area contributed by atoms with Crippen molar-refractivity contribution < 1.29 is 19.0 Å². The summed E-state index contributed by atoms with van der Waals surface area (Å²) in [6.07, 6.45) is 4.10. The highest BCUT2D eigenvalue weighted by Gasteiger charge is 2.26. The summed E-state index contributed by atoms with van der Waals surface area (Å²) in [5.41, 5.74) is -0.335. The molecule has 2 aromatic rings. The van der Waals surface area contributed by atoms with Crippen LogP contribution in [-0.2, 0) is 16.1 Å². The van der Waals surface area contributed by atoms with Crippen LogP contribution in [0.2, 0.25) is 0 Å². The maximum atomic E-state index is 13.3. The lowest BCUT2D eigenvalue weighted by Gasteiger charge is -2.22. The van der Waals surface area contributed by atoms with Gasteiger partial charge in [-0.1, -0.05) is 12.8 Å². The van der Waals surface area contributed by atoms with Crippen molar-refractivity contribution in [1.82, 2.24) is 9.55 Å². The van der Waals surface area contributed by atoms with Crippen LogP contribution < -0.4 is 15.0 Å². The smallest absolute Gasteiger partial charge is 0.326 e. The van der Waals surface area contributed by atoms with Crippen molar-refractivity contribution >= 4 is 16.9 Å². The summed E-state index contributed by atoms with van der Waals surface area (Å²) >= 11 is 0. The van der Waals surface area contributed by atoms with Gasteiger partial charge in [0.15, 0.2) is 11.5 Å². The van der Waals surface area contributed by atoms with Gasteiger partial charge in [-0.15, -0.1) is 0 Å². The zero-order chi connectivity index (χ0) is 20.5. The van der Waals surface area contributed by atoms with E-state index >= 15 is 0 Å². The maximum absolute atomic E-state index is 13.3. The third-order valence-electron chi connectivity index (χ3n) is 4.92. The van der Waals surface area contributed by atoms with Gasteiger partial charge in [0.2, 0.25) is 0 Å². The lowest BCUT2D eigenvalue weighted by Crippen LogP contribution is -2.33. The Hall–Kier alpha value is -2.57. The molecule has 0 spiro atoms. The van der Waals surface area contributed by atoms with Crippen molar-refractivity contribution in [3.63, 3.8) is 0 Å². The van der Waals surface area contributed by atoms with E-state index in [0.29, 0.717) is 28.2 Å². The first-order chi connectivity index (χ1) is 13.2. The molecule has 1 aromatic heterocycles. The largest absolute Gasteiger partial charge is 0.493 e. The van der Waals surface area contributed by atoms with E-state index in [2.05, 4.69) is 0 Å². The normalized spacial score (nSPS) is 15.0. The minimum atomic E-state index is -0.616. The van der Waals surface area contributed by atoms with E-state index in [0.717, 1.165) is 25.7 Å². The topological polar surface area (TPSA) is 79.7 Å². The zero-order valence-corrected chi connectivity index (χ0v) is 17.2. The summed E-state index contributed by atoms with van der Waals surface area (Å²) in [5.74, 6) is 1.33.